The third kappa shape index (κ3) is 4.23. The van der Waals surface area contributed by atoms with Crippen LogP contribution in [0.5, 0.6) is 0 Å². The average molecular weight is 423 g/mol. The van der Waals surface area contributed by atoms with E-state index in [0.717, 1.165) is 30.6 Å². The maximum atomic E-state index is 12.5. The van der Waals surface area contributed by atoms with Crippen molar-refractivity contribution >= 4 is 28.2 Å². The Hall–Kier alpha value is -3.82. The van der Waals surface area contributed by atoms with Gasteiger partial charge in [0, 0.05) is 19.2 Å². The molecule has 0 spiro atoms. The largest absolute Gasteiger partial charge is 0.439 e. The molecule has 0 radical (unpaired) electrons. The molecule has 1 aromatic heterocycles. The lowest BCUT2D eigenvalue weighted by Crippen LogP contribution is -2.34. The van der Waals surface area contributed by atoms with Crippen LogP contribution in [0.4, 0.5) is 11.4 Å². The normalized spacial score (nSPS) is 16.3. The van der Waals surface area contributed by atoms with Crippen LogP contribution in [0.1, 0.15) is 30.1 Å². The molecule has 10 nitrogen and oxygen atoms in total. The molecule has 1 saturated heterocycles. The van der Waals surface area contributed by atoms with Crippen LogP contribution in [0.25, 0.3) is 10.9 Å². The van der Waals surface area contributed by atoms with E-state index in [1.54, 1.807) is 30.3 Å². The van der Waals surface area contributed by atoms with Crippen molar-refractivity contribution in [3.05, 3.63) is 68.5 Å². The highest BCUT2D eigenvalue weighted by Gasteiger charge is 2.25. The summed E-state index contributed by atoms with van der Waals surface area (Å²) < 4.78 is 6.10. The number of anilines is 1. The Labute approximate surface area is 177 Å². The van der Waals surface area contributed by atoms with Crippen molar-refractivity contribution in [2.45, 2.75) is 26.5 Å². The number of carbonyl (C=O) groups excluding carboxylic acids is 1. The van der Waals surface area contributed by atoms with E-state index in [0.29, 0.717) is 22.5 Å². The van der Waals surface area contributed by atoms with Crippen LogP contribution in [0, 0.1) is 16.0 Å². The topological polar surface area (TPSA) is 120 Å². The molecule has 0 N–H and O–H groups in total. The Morgan fingerprint density at radius 1 is 1.29 bits per heavy atom. The molecule has 1 atom stereocenters. The smallest absolute Gasteiger partial charge is 0.340 e. The molecule has 0 aliphatic carbocycles. The highest BCUT2D eigenvalue weighted by atomic mass is 16.6. The molecule has 2 aromatic carbocycles. The molecule has 1 aliphatic heterocycles. The van der Waals surface area contributed by atoms with E-state index in [1.807, 2.05) is 4.90 Å². The van der Waals surface area contributed by atoms with Gasteiger partial charge in [-0.2, -0.15) is 4.68 Å². The predicted molar refractivity (Wildman–Crippen MR) is 113 cm³/mol. The number of rotatable bonds is 5. The second-order valence-electron chi connectivity index (χ2n) is 7.63. The van der Waals surface area contributed by atoms with Crippen molar-refractivity contribution in [3.8, 4) is 0 Å². The van der Waals surface area contributed by atoms with Gasteiger partial charge in [-0.1, -0.05) is 24.3 Å². The number of carbonyl (C=O) groups is 1. The van der Waals surface area contributed by atoms with Gasteiger partial charge in [0.2, 0.25) is 0 Å². The Morgan fingerprint density at radius 3 is 2.87 bits per heavy atom. The van der Waals surface area contributed by atoms with E-state index in [2.05, 4.69) is 17.2 Å². The first kappa shape index (κ1) is 20.5. The first-order valence-electron chi connectivity index (χ1n) is 9.97. The standard InChI is InChI=1S/C21H21N5O5/c1-14-5-4-10-24(12-14)18-9-8-15(11-19(18)26(29)30)21(28)31-13-25-20(27)16-6-2-3-7-17(16)22-23-25/h2-3,6-9,11,14H,4-5,10,12-13H2,1H3/t14-/m1/s1. The molecule has 4 rings (SSSR count). The second-order valence-corrected chi connectivity index (χ2v) is 7.63. The van der Waals surface area contributed by atoms with Gasteiger partial charge in [-0.15, -0.1) is 5.10 Å². The minimum atomic E-state index is -0.788. The summed E-state index contributed by atoms with van der Waals surface area (Å²) in [6.07, 6.45) is 2.05. The van der Waals surface area contributed by atoms with Crippen LogP contribution in [0.2, 0.25) is 0 Å². The predicted octanol–water partition coefficient (Wildman–Crippen LogP) is 2.75. The summed E-state index contributed by atoms with van der Waals surface area (Å²) >= 11 is 0. The number of piperidine rings is 1. The van der Waals surface area contributed by atoms with E-state index in [-0.39, 0.29) is 11.3 Å². The zero-order valence-electron chi connectivity index (χ0n) is 16.9. The Bertz CT molecular complexity index is 1210. The van der Waals surface area contributed by atoms with Crippen LogP contribution >= 0.6 is 0 Å². The summed E-state index contributed by atoms with van der Waals surface area (Å²) in [5.41, 5.74) is 0.366. The van der Waals surface area contributed by atoms with E-state index in [4.69, 9.17) is 4.74 Å². The van der Waals surface area contributed by atoms with E-state index in [1.165, 1.54) is 12.1 Å². The van der Waals surface area contributed by atoms with Crippen LogP contribution in [-0.2, 0) is 11.5 Å². The summed E-state index contributed by atoms with van der Waals surface area (Å²) in [6.45, 7) is 3.13. The van der Waals surface area contributed by atoms with E-state index >= 15 is 0 Å². The van der Waals surface area contributed by atoms with Crippen molar-refractivity contribution in [1.29, 1.82) is 0 Å². The highest BCUT2D eigenvalue weighted by molar-refractivity contribution is 5.91. The number of benzene rings is 2. The molecule has 0 amide bonds. The van der Waals surface area contributed by atoms with Crippen LogP contribution < -0.4 is 10.5 Å². The maximum Gasteiger partial charge on any atom is 0.340 e. The summed E-state index contributed by atoms with van der Waals surface area (Å²) in [5, 5.41) is 19.7. The lowest BCUT2D eigenvalue weighted by atomic mass is 9.99. The van der Waals surface area contributed by atoms with Crippen LogP contribution in [0.3, 0.4) is 0 Å². The van der Waals surface area contributed by atoms with Gasteiger partial charge < -0.3 is 9.64 Å². The summed E-state index contributed by atoms with van der Waals surface area (Å²) in [7, 11) is 0. The van der Waals surface area contributed by atoms with Gasteiger partial charge in [-0.05, 0) is 43.0 Å². The first-order chi connectivity index (χ1) is 14.9. The van der Waals surface area contributed by atoms with Crippen LogP contribution in [-0.4, -0.2) is 39.0 Å². The first-order valence-corrected chi connectivity index (χ1v) is 9.97. The lowest BCUT2D eigenvalue weighted by Gasteiger charge is -2.32. The van der Waals surface area contributed by atoms with E-state index in [9.17, 15) is 19.7 Å². The molecule has 2 heterocycles. The quantitative estimate of drug-likeness (QED) is 0.349. The van der Waals surface area contributed by atoms with Gasteiger partial charge in [-0.3, -0.25) is 14.9 Å². The number of hydrogen-bond donors (Lipinski definition) is 0. The molecule has 0 bridgehead atoms. The minimum absolute atomic E-state index is 0.0299. The zero-order valence-corrected chi connectivity index (χ0v) is 16.9. The summed E-state index contributed by atoms with van der Waals surface area (Å²) in [6, 6.07) is 11.0. The van der Waals surface area contributed by atoms with Crippen molar-refractivity contribution in [3.63, 3.8) is 0 Å². The highest BCUT2D eigenvalue weighted by Crippen LogP contribution is 2.32. The van der Waals surface area contributed by atoms with Gasteiger partial charge in [0.25, 0.3) is 11.2 Å². The van der Waals surface area contributed by atoms with Crippen molar-refractivity contribution in [2.75, 3.05) is 18.0 Å². The van der Waals surface area contributed by atoms with Gasteiger partial charge >= 0.3 is 5.97 Å². The van der Waals surface area contributed by atoms with E-state index < -0.39 is 23.2 Å². The van der Waals surface area contributed by atoms with Gasteiger partial charge in [0.05, 0.1) is 15.9 Å². The number of hydrogen-bond acceptors (Lipinski definition) is 8. The van der Waals surface area contributed by atoms with Crippen molar-refractivity contribution in [2.24, 2.45) is 5.92 Å². The fourth-order valence-electron chi connectivity index (χ4n) is 3.78. The third-order valence-electron chi connectivity index (χ3n) is 5.35. The number of esters is 1. The molecular formula is C21H21N5O5. The molecule has 0 saturated carbocycles. The molecule has 3 aromatic rings. The number of nitro groups is 1. The van der Waals surface area contributed by atoms with Gasteiger partial charge in [0.15, 0.2) is 6.73 Å². The Balaban J connectivity index is 1.53. The SMILES string of the molecule is C[C@@H]1CCCN(c2ccc(C(=O)OCn3nnc4ccccc4c3=O)cc2[N+](=O)[O-])C1. The average Bonchev–Trinajstić information content (AvgIpc) is 2.78. The number of nitro benzene ring substituents is 1. The zero-order chi connectivity index (χ0) is 22.0. The molecule has 31 heavy (non-hydrogen) atoms. The summed E-state index contributed by atoms with van der Waals surface area (Å²) in [5.74, 6) is -0.345. The fraction of sp³-hybridized carbons (Fsp3) is 0.333. The lowest BCUT2D eigenvalue weighted by molar-refractivity contribution is -0.384. The molecule has 0 unspecified atom stereocenters. The molecule has 1 aliphatic rings. The maximum absolute atomic E-state index is 12.5. The fourth-order valence-corrected chi connectivity index (χ4v) is 3.78. The number of aromatic nitrogens is 3. The van der Waals surface area contributed by atoms with Crippen molar-refractivity contribution < 1.29 is 14.5 Å². The molecule has 160 valence electrons. The summed E-state index contributed by atoms with van der Waals surface area (Å²) in [4.78, 5) is 38.0. The second kappa shape index (κ2) is 8.50. The molecular weight excluding hydrogens is 402 g/mol. The minimum Gasteiger partial charge on any atom is -0.439 e. The Kier molecular flexibility index (Phi) is 5.61. The van der Waals surface area contributed by atoms with Gasteiger partial charge in [0.1, 0.15) is 11.2 Å². The number of fused-ring (bicyclic) bond motifs is 1. The molecule has 10 heteroatoms. The monoisotopic (exact) mass is 423 g/mol. The number of nitrogens with zero attached hydrogens (tertiary/aromatic N) is 5. The van der Waals surface area contributed by atoms with Gasteiger partial charge in [-0.25, -0.2) is 4.79 Å². The van der Waals surface area contributed by atoms with Crippen molar-refractivity contribution in [1.82, 2.24) is 15.0 Å². The Morgan fingerprint density at radius 2 is 2.10 bits per heavy atom. The third-order valence-corrected chi connectivity index (χ3v) is 5.35. The number of ether oxygens (including phenoxy) is 1. The van der Waals surface area contributed by atoms with Crippen LogP contribution in [0.15, 0.2) is 47.3 Å². The molecule has 1 fully saturated rings.